The fraction of sp³-hybridized carbons (Fsp3) is 0.462. The normalized spacial score (nSPS) is 15.7. The Morgan fingerprint density at radius 2 is 2.30 bits per heavy atom. The van der Waals surface area contributed by atoms with Crippen LogP contribution in [0, 0.1) is 17.0 Å². The lowest BCUT2D eigenvalue weighted by Crippen LogP contribution is -2.42. The van der Waals surface area contributed by atoms with Gasteiger partial charge >= 0.3 is 11.7 Å². The van der Waals surface area contributed by atoms with Gasteiger partial charge in [0.1, 0.15) is 12.6 Å². The van der Waals surface area contributed by atoms with Crippen LogP contribution in [0.3, 0.4) is 0 Å². The van der Waals surface area contributed by atoms with Gasteiger partial charge in [0.15, 0.2) is 5.75 Å². The van der Waals surface area contributed by atoms with Crippen LogP contribution in [0.4, 0.5) is 5.69 Å². The summed E-state index contributed by atoms with van der Waals surface area (Å²) in [5.41, 5.74) is 0.652. The molecule has 0 bridgehead atoms. The molecule has 7 heteroatoms. The Morgan fingerprint density at radius 3 is 2.85 bits per heavy atom. The largest absolute Gasteiger partial charge is 0.485 e. The number of rotatable bonds is 7. The van der Waals surface area contributed by atoms with Crippen LogP contribution in [-0.2, 0) is 4.79 Å². The number of carboxylic acid groups (broad SMARTS) is 1. The van der Waals surface area contributed by atoms with Crippen LogP contribution in [0.1, 0.15) is 18.4 Å². The number of nitrogens with one attached hydrogen (secondary N) is 1. The summed E-state index contributed by atoms with van der Waals surface area (Å²) in [6, 6.07) is 3.86. The van der Waals surface area contributed by atoms with E-state index in [4.69, 9.17) is 9.84 Å². The molecule has 20 heavy (non-hydrogen) atoms. The smallest absolute Gasteiger partial charge is 0.324 e. The van der Waals surface area contributed by atoms with E-state index >= 15 is 0 Å². The standard InChI is InChI=1S/C13H16N2O5/c1-8-2-5-11(15(18)19)12(6-8)20-7-10(13(16)17)14-9-3-4-9/h2,5-6,9-10,14H,3-4,7H2,1H3,(H,16,17). The number of nitro benzene ring substituents is 1. The topological polar surface area (TPSA) is 102 Å². The number of nitro groups is 1. The van der Waals surface area contributed by atoms with E-state index in [1.807, 2.05) is 0 Å². The third kappa shape index (κ3) is 3.67. The number of benzene rings is 1. The maximum absolute atomic E-state index is 11.1. The van der Waals surface area contributed by atoms with Crippen LogP contribution in [0.5, 0.6) is 5.75 Å². The molecule has 0 radical (unpaired) electrons. The summed E-state index contributed by atoms with van der Waals surface area (Å²) in [7, 11) is 0. The Bertz CT molecular complexity index is 527. The molecule has 1 aliphatic carbocycles. The molecule has 1 saturated carbocycles. The van der Waals surface area contributed by atoms with Crippen molar-refractivity contribution in [2.24, 2.45) is 0 Å². The number of aliphatic carboxylic acids is 1. The van der Waals surface area contributed by atoms with Crippen molar-refractivity contribution >= 4 is 11.7 Å². The molecule has 2 rings (SSSR count). The van der Waals surface area contributed by atoms with Gasteiger partial charge in [-0.05, 0) is 31.4 Å². The summed E-state index contributed by atoms with van der Waals surface area (Å²) >= 11 is 0. The van der Waals surface area contributed by atoms with Gasteiger partial charge in [-0.2, -0.15) is 0 Å². The van der Waals surface area contributed by atoms with Crippen molar-refractivity contribution in [3.05, 3.63) is 33.9 Å². The van der Waals surface area contributed by atoms with Gasteiger partial charge in [-0.25, -0.2) is 0 Å². The predicted octanol–water partition coefficient (Wildman–Crippen LogP) is 1.49. The fourth-order valence-electron chi connectivity index (χ4n) is 1.79. The number of nitrogens with zero attached hydrogens (tertiary/aromatic N) is 1. The van der Waals surface area contributed by atoms with Crippen LogP contribution >= 0.6 is 0 Å². The molecule has 0 aromatic heterocycles. The molecule has 1 atom stereocenters. The average molecular weight is 280 g/mol. The number of aryl methyl sites for hydroxylation is 1. The van der Waals surface area contributed by atoms with Gasteiger partial charge in [-0.15, -0.1) is 0 Å². The molecular weight excluding hydrogens is 264 g/mol. The van der Waals surface area contributed by atoms with Gasteiger partial charge in [-0.3, -0.25) is 20.2 Å². The first-order valence-electron chi connectivity index (χ1n) is 6.34. The molecule has 1 aliphatic rings. The molecule has 0 heterocycles. The highest BCUT2D eigenvalue weighted by Gasteiger charge is 2.29. The Kier molecular flexibility index (Phi) is 4.19. The highest BCUT2D eigenvalue weighted by molar-refractivity contribution is 5.73. The summed E-state index contributed by atoms with van der Waals surface area (Å²) < 4.78 is 5.35. The first-order chi connectivity index (χ1) is 9.47. The highest BCUT2D eigenvalue weighted by atomic mass is 16.6. The SMILES string of the molecule is Cc1ccc([N+](=O)[O-])c(OCC(NC2CC2)C(=O)O)c1. The van der Waals surface area contributed by atoms with Gasteiger partial charge in [0, 0.05) is 12.1 Å². The van der Waals surface area contributed by atoms with E-state index in [9.17, 15) is 14.9 Å². The molecule has 0 amide bonds. The molecule has 108 valence electrons. The molecule has 0 spiro atoms. The molecular formula is C13H16N2O5. The summed E-state index contributed by atoms with van der Waals surface area (Å²) in [5, 5.41) is 22.9. The zero-order valence-electron chi connectivity index (χ0n) is 11.0. The van der Waals surface area contributed by atoms with Gasteiger partial charge in [-0.1, -0.05) is 6.07 Å². The van der Waals surface area contributed by atoms with Crippen molar-refractivity contribution in [3.8, 4) is 5.75 Å². The summed E-state index contributed by atoms with van der Waals surface area (Å²) in [5.74, 6) is -0.925. The second kappa shape index (κ2) is 5.87. The molecule has 1 fully saturated rings. The Morgan fingerprint density at radius 1 is 1.60 bits per heavy atom. The molecule has 1 unspecified atom stereocenters. The van der Waals surface area contributed by atoms with Crippen molar-refractivity contribution < 1.29 is 19.6 Å². The third-order valence-corrected chi connectivity index (χ3v) is 3.03. The maximum atomic E-state index is 11.1. The zero-order chi connectivity index (χ0) is 14.7. The van der Waals surface area contributed by atoms with Crippen molar-refractivity contribution in [1.82, 2.24) is 5.32 Å². The van der Waals surface area contributed by atoms with Crippen molar-refractivity contribution in [2.45, 2.75) is 31.8 Å². The second-order valence-electron chi connectivity index (χ2n) is 4.87. The van der Waals surface area contributed by atoms with E-state index in [2.05, 4.69) is 5.32 Å². The van der Waals surface area contributed by atoms with Crippen molar-refractivity contribution in [1.29, 1.82) is 0 Å². The third-order valence-electron chi connectivity index (χ3n) is 3.03. The minimum absolute atomic E-state index is 0.0962. The lowest BCUT2D eigenvalue weighted by atomic mass is 10.2. The van der Waals surface area contributed by atoms with Gasteiger partial charge < -0.3 is 9.84 Å². The lowest BCUT2D eigenvalue weighted by molar-refractivity contribution is -0.385. The first-order valence-corrected chi connectivity index (χ1v) is 6.34. The van der Waals surface area contributed by atoms with Crippen LogP contribution in [0.2, 0.25) is 0 Å². The molecule has 1 aromatic carbocycles. The molecule has 0 saturated heterocycles. The maximum Gasteiger partial charge on any atom is 0.324 e. The molecule has 1 aromatic rings. The molecule has 2 N–H and O–H groups in total. The summed E-state index contributed by atoms with van der Waals surface area (Å²) in [4.78, 5) is 21.4. The number of ether oxygens (including phenoxy) is 1. The van der Waals surface area contributed by atoms with Crippen LogP contribution < -0.4 is 10.1 Å². The quantitative estimate of drug-likeness (QED) is 0.579. The highest BCUT2D eigenvalue weighted by Crippen LogP contribution is 2.28. The van der Waals surface area contributed by atoms with Gasteiger partial charge in [0.25, 0.3) is 0 Å². The number of carbonyl (C=O) groups is 1. The van der Waals surface area contributed by atoms with E-state index < -0.39 is 16.9 Å². The summed E-state index contributed by atoms with van der Waals surface area (Å²) in [6.07, 6.45) is 1.91. The average Bonchev–Trinajstić information content (AvgIpc) is 3.17. The minimum Gasteiger partial charge on any atom is -0.485 e. The second-order valence-corrected chi connectivity index (χ2v) is 4.87. The number of carboxylic acids is 1. The van der Waals surface area contributed by atoms with Gasteiger partial charge in [0.05, 0.1) is 4.92 Å². The predicted molar refractivity (Wildman–Crippen MR) is 70.9 cm³/mol. The van der Waals surface area contributed by atoms with E-state index in [1.54, 1.807) is 13.0 Å². The Labute approximate surface area is 115 Å². The Hall–Kier alpha value is -2.15. The minimum atomic E-state index is -1.02. The van der Waals surface area contributed by atoms with E-state index in [-0.39, 0.29) is 24.1 Å². The lowest BCUT2D eigenvalue weighted by Gasteiger charge is -2.15. The number of hydrogen-bond acceptors (Lipinski definition) is 5. The first kappa shape index (κ1) is 14.3. The van der Waals surface area contributed by atoms with Crippen molar-refractivity contribution in [2.75, 3.05) is 6.61 Å². The van der Waals surface area contributed by atoms with E-state index in [0.29, 0.717) is 0 Å². The van der Waals surface area contributed by atoms with Crippen LogP contribution in [0.15, 0.2) is 18.2 Å². The van der Waals surface area contributed by atoms with E-state index in [1.165, 1.54) is 12.1 Å². The molecule has 7 nitrogen and oxygen atoms in total. The Balaban J connectivity index is 2.06. The van der Waals surface area contributed by atoms with Gasteiger partial charge in [0.2, 0.25) is 0 Å². The van der Waals surface area contributed by atoms with Crippen LogP contribution in [-0.4, -0.2) is 34.7 Å². The van der Waals surface area contributed by atoms with Crippen LogP contribution in [0.25, 0.3) is 0 Å². The van der Waals surface area contributed by atoms with Crippen molar-refractivity contribution in [3.63, 3.8) is 0 Å². The summed E-state index contributed by atoms with van der Waals surface area (Å²) in [6.45, 7) is 1.64. The zero-order valence-corrected chi connectivity index (χ0v) is 11.0. The molecule has 0 aliphatic heterocycles. The number of hydrogen-bond donors (Lipinski definition) is 2. The van der Waals surface area contributed by atoms with E-state index in [0.717, 1.165) is 18.4 Å². The fourth-order valence-corrected chi connectivity index (χ4v) is 1.79. The monoisotopic (exact) mass is 280 g/mol.